The van der Waals surface area contributed by atoms with E-state index in [1.807, 2.05) is 31.7 Å². The Hall–Kier alpha value is -1.84. The maximum absolute atomic E-state index is 12.6. The van der Waals surface area contributed by atoms with Crippen LogP contribution < -0.4 is 5.32 Å². The predicted octanol–water partition coefficient (Wildman–Crippen LogP) is 3.40. The minimum atomic E-state index is -0.391. The summed E-state index contributed by atoms with van der Waals surface area (Å²) < 4.78 is 0. The Labute approximate surface area is 144 Å². The largest absolute Gasteiger partial charge is 0.341 e. The highest BCUT2D eigenvalue weighted by molar-refractivity contribution is 5.93. The number of amides is 2. The molecule has 3 rings (SSSR count). The molecule has 1 unspecified atom stereocenters. The molecule has 4 nitrogen and oxygen atoms in total. The molecule has 2 aliphatic rings. The summed E-state index contributed by atoms with van der Waals surface area (Å²) in [6.45, 7) is 7.10. The minimum Gasteiger partial charge on any atom is -0.341 e. The van der Waals surface area contributed by atoms with E-state index in [9.17, 15) is 9.59 Å². The number of nitrogens with one attached hydrogen (secondary N) is 1. The van der Waals surface area contributed by atoms with Crippen molar-refractivity contribution in [2.24, 2.45) is 11.3 Å². The lowest BCUT2D eigenvalue weighted by molar-refractivity contribution is -0.142. The molecule has 0 saturated carbocycles. The molecule has 24 heavy (non-hydrogen) atoms. The van der Waals surface area contributed by atoms with Gasteiger partial charge < -0.3 is 10.2 Å². The van der Waals surface area contributed by atoms with Gasteiger partial charge in [-0.05, 0) is 55.4 Å². The van der Waals surface area contributed by atoms with Gasteiger partial charge in [0.1, 0.15) is 0 Å². The van der Waals surface area contributed by atoms with Crippen molar-refractivity contribution >= 4 is 17.5 Å². The molecule has 1 N–H and O–H groups in total. The van der Waals surface area contributed by atoms with Gasteiger partial charge in [0, 0.05) is 24.2 Å². The minimum absolute atomic E-state index is 0.0411. The maximum atomic E-state index is 12.6. The summed E-state index contributed by atoms with van der Waals surface area (Å²) in [6.07, 6.45) is 5.21. The van der Waals surface area contributed by atoms with E-state index in [4.69, 9.17) is 0 Å². The SMILES string of the molecule is CC(C)(C)C(=O)N1CCCC(C(=O)Nc2ccc3c(c2)CCC3)C1. The summed E-state index contributed by atoms with van der Waals surface area (Å²) in [7, 11) is 0. The first-order valence-electron chi connectivity index (χ1n) is 9.06. The number of fused-ring (bicyclic) bond motifs is 1. The molecule has 2 amide bonds. The van der Waals surface area contributed by atoms with E-state index in [1.54, 1.807) is 0 Å². The summed E-state index contributed by atoms with van der Waals surface area (Å²) in [5, 5.41) is 3.06. The molecule has 0 radical (unpaired) electrons. The predicted molar refractivity (Wildman–Crippen MR) is 95.9 cm³/mol. The van der Waals surface area contributed by atoms with Crippen molar-refractivity contribution in [2.45, 2.75) is 52.9 Å². The Morgan fingerprint density at radius 2 is 1.88 bits per heavy atom. The van der Waals surface area contributed by atoms with Crippen LogP contribution in [0, 0.1) is 11.3 Å². The molecular formula is C20H28N2O2. The van der Waals surface area contributed by atoms with Crippen LogP contribution in [0.4, 0.5) is 5.69 Å². The molecule has 1 aromatic carbocycles. The second-order valence-electron chi connectivity index (χ2n) is 8.17. The third-order valence-electron chi connectivity index (χ3n) is 5.09. The van der Waals surface area contributed by atoms with E-state index in [2.05, 4.69) is 17.4 Å². The molecule has 1 saturated heterocycles. The summed E-state index contributed by atoms with van der Waals surface area (Å²) >= 11 is 0. The number of rotatable bonds is 2. The van der Waals surface area contributed by atoms with Gasteiger partial charge >= 0.3 is 0 Å². The van der Waals surface area contributed by atoms with Gasteiger partial charge in [-0.1, -0.05) is 26.8 Å². The van der Waals surface area contributed by atoms with Gasteiger partial charge in [-0.2, -0.15) is 0 Å². The maximum Gasteiger partial charge on any atom is 0.229 e. The molecule has 1 aliphatic heterocycles. The van der Waals surface area contributed by atoms with Crippen molar-refractivity contribution in [3.8, 4) is 0 Å². The van der Waals surface area contributed by atoms with Gasteiger partial charge in [-0.15, -0.1) is 0 Å². The Balaban J connectivity index is 1.63. The van der Waals surface area contributed by atoms with E-state index < -0.39 is 5.41 Å². The van der Waals surface area contributed by atoms with Gasteiger partial charge in [0.2, 0.25) is 11.8 Å². The quantitative estimate of drug-likeness (QED) is 0.904. The van der Waals surface area contributed by atoms with Crippen LogP contribution in [0.3, 0.4) is 0 Å². The lowest BCUT2D eigenvalue weighted by Crippen LogP contribution is -2.47. The number of likely N-dealkylation sites (tertiary alicyclic amines) is 1. The number of benzene rings is 1. The average molecular weight is 328 g/mol. The number of hydrogen-bond donors (Lipinski definition) is 1. The Morgan fingerprint density at radius 1 is 1.12 bits per heavy atom. The topological polar surface area (TPSA) is 49.4 Å². The van der Waals surface area contributed by atoms with Crippen LogP contribution in [0.2, 0.25) is 0 Å². The summed E-state index contributed by atoms with van der Waals surface area (Å²) in [6, 6.07) is 6.25. The van der Waals surface area contributed by atoms with Crippen LogP contribution in [0.5, 0.6) is 0 Å². The van der Waals surface area contributed by atoms with E-state index in [0.29, 0.717) is 6.54 Å². The number of anilines is 1. The zero-order valence-electron chi connectivity index (χ0n) is 15.0. The third kappa shape index (κ3) is 3.63. The molecule has 0 spiro atoms. The second-order valence-corrected chi connectivity index (χ2v) is 8.17. The number of nitrogens with zero attached hydrogens (tertiary/aromatic N) is 1. The fourth-order valence-electron chi connectivity index (χ4n) is 3.74. The van der Waals surface area contributed by atoms with Gasteiger partial charge in [-0.25, -0.2) is 0 Å². The number of hydrogen-bond acceptors (Lipinski definition) is 2. The van der Waals surface area contributed by atoms with E-state index in [-0.39, 0.29) is 17.7 Å². The van der Waals surface area contributed by atoms with Crippen molar-refractivity contribution in [3.05, 3.63) is 29.3 Å². The number of carbonyl (C=O) groups is 2. The van der Waals surface area contributed by atoms with Gasteiger partial charge in [-0.3, -0.25) is 9.59 Å². The summed E-state index contributed by atoms with van der Waals surface area (Å²) in [5.41, 5.74) is 3.27. The third-order valence-corrected chi connectivity index (χ3v) is 5.09. The van der Waals surface area contributed by atoms with Crippen molar-refractivity contribution in [1.82, 2.24) is 4.90 Å². The molecular weight excluding hydrogens is 300 g/mol. The normalized spacial score (nSPS) is 20.6. The standard InChI is InChI=1S/C20H28N2O2/c1-20(2,3)19(24)22-11-5-8-16(13-22)18(23)21-17-10-9-14-6-4-7-15(14)12-17/h9-10,12,16H,4-8,11,13H2,1-3H3,(H,21,23). The Kier molecular flexibility index (Phi) is 4.66. The molecule has 130 valence electrons. The van der Waals surface area contributed by atoms with E-state index in [0.717, 1.165) is 37.9 Å². The van der Waals surface area contributed by atoms with Crippen molar-refractivity contribution < 1.29 is 9.59 Å². The van der Waals surface area contributed by atoms with Crippen molar-refractivity contribution in [2.75, 3.05) is 18.4 Å². The Morgan fingerprint density at radius 3 is 2.62 bits per heavy atom. The second kappa shape index (κ2) is 6.58. The van der Waals surface area contributed by atoms with E-state index in [1.165, 1.54) is 17.5 Å². The molecule has 4 heteroatoms. The smallest absolute Gasteiger partial charge is 0.229 e. The molecule has 0 bridgehead atoms. The van der Waals surface area contributed by atoms with Crippen LogP contribution in [-0.4, -0.2) is 29.8 Å². The van der Waals surface area contributed by atoms with E-state index >= 15 is 0 Å². The highest BCUT2D eigenvalue weighted by atomic mass is 16.2. The number of carbonyl (C=O) groups excluding carboxylic acids is 2. The molecule has 1 atom stereocenters. The number of aryl methyl sites for hydroxylation is 2. The van der Waals surface area contributed by atoms with Gasteiger partial charge in [0.15, 0.2) is 0 Å². The van der Waals surface area contributed by atoms with Crippen LogP contribution in [0.25, 0.3) is 0 Å². The first-order chi connectivity index (χ1) is 11.3. The fourth-order valence-corrected chi connectivity index (χ4v) is 3.74. The Bertz CT molecular complexity index is 646. The average Bonchev–Trinajstić information content (AvgIpc) is 3.01. The van der Waals surface area contributed by atoms with Crippen LogP contribution in [0.1, 0.15) is 51.2 Å². The zero-order chi connectivity index (χ0) is 17.3. The zero-order valence-corrected chi connectivity index (χ0v) is 15.0. The molecule has 1 aromatic rings. The first kappa shape index (κ1) is 17.0. The highest BCUT2D eigenvalue weighted by Crippen LogP contribution is 2.27. The van der Waals surface area contributed by atoms with Crippen molar-refractivity contribution in [1.29, 1.82) is 0 Å². The number of piperidine rings is 1. The van der Waals surface area contributed by atoms with Gasteiger partial charge in [0.25, 0.3) is 0 Å². The van der Waals surface area contributed by atoms with Crippen LogP contribution in [-0.2, 0) is 22.4 Å². The monoisotopic (exact) mass is 328 g/mol. The van der Waals surface area contributed by atoms with Gasteiger partial charge in [0.05, 0.1) is 5.92 Å². The molecule has 1 heterocycles. The molecule has 1 fully saturated rings. The summed E-state index contributed by atoms with van der Waals surface area (Å²) in [5.74, 6) is 0.0650. The van der Waals surface area contributed by atoms with Crippen LogP contribution >= 0.6 is 0 Å². The highest BCUT2D eigenvalue weighted by Gasteiger charge is 2.33. The lowest BCUT2D eigenvalue weighted by Gasteiger charge is -2.35. The first-order valence-corrected chi connectivity index (χ1v) is 9.06. The lowest BCUT2D eigenvalue weighted by atomic mass is 9.91. The molecule has 0 aromatic heterocycles. The van der Waals surface area contributed by atoms with Crippen LogP contribution in [0.15, 0.2) is 18.2 Å². The fraction of sp³-hybridized carbons (Fsp3) is 0.600. The summed E-state index contributed by atoms with van der Waals surface area (Å²) in [4.78, 5) is 27.0. The molecule has 1 aliphatic carbocycles. The van der Waals surface area contributed by atoms with Crippen molar-refractivity contribution in [3.63, 3.8) is 0 Å².